The Morgan fingerprint density at radius 2 is 1.78 bits per heavy atom. The van der Waals surface area contributed by atoms with Crippen LogP contribution < -0.4 is 4.72 Å². The molecule has 0 bridgehead atoms. The maximum atomic E-state index is 12.5. The molecule has 2 heterocycles. The van der Waals surface area contributed by atoms with Gasteiger partial charge in [0.15, 0.2) is 5.82 Å². The number of carbonyl (C=O) groups is 1. The Morgan fingerprint density at radius 3 is 2.44 bits per heavy atom. The summed E-state index contributed by atoms with van der Waals surface area (Å²) in [6, 6.07) is 13.6. The van der Waals surface area contributed by atoms with Crippen LogP contribution in [0.1, 0.15) is 30.1 Å². The zero-order valence-electron chi connectivity index (χ0n) is 17.5. The van der Waals surface area contributed by atoms with Crippen LogP contribution in [0.25, 0.3) is 11.5 Å². The molecule has 1 aliphatic heterocycles. The Balaban J connectivity index is 1.30. The molecule has 32 heavy (non-hydrogen) atoms. The number of aryl methyl sites for hydroxylation is 1. The number of benzene rings is 2. The van der Waals surface area contributed by atoms with Gasteiger partial charge in [-0.3, -0.25) is 4.79 Å². The zero-order chi connectivity index (χ0) is 22.7. The van der Waals surface area contributed by atoms with E-state index in [2.05, 4.69) is 14.9 Å². The van der Waals surface area contributed by atoms with E-state index in [0.717, 1.165) is 11.1 Å². The number of likely N-dealkylation sites (tertiary alicyclic amines) is 1. The minimum absolute atomic E-state index is 0.0647. The lowest BCUT2D eigenvalue weighted by molar-refractivity contribution is -0.131. The summed E-state index contributed by atoms with van der Waals surface area (Å²) in [5.41, 5.74) is 2.02. The van der Waals surface area contributed by atoms with E-state index in [9.17, 15) is 13.2 Å². The van der Waals surface area contributed by atoms with Crippen LogP contribution in [0.4, 0.5) is 0 Å². The lowest BCUT2D eigenvalue weighted by atomic mass is 9.96. The van der Waals surface area contributed by atoms with Gasteiger partial charge in [0, 0.05) is 29.6 Å². The molecule has 0 unspecified atom stereocenters. The highest BCUT2D eigenvalue weighted by Gasteiger charge is 2.28. The van der Waals surface area contributed by atoms with E-state index in [1.54, 1.807) is 4.90 Å². The van der Waals surface area contributed by atoms with E-state index < -0.39 is 10.0 Å². The summed E-state index contributed by atoms with van der Waals surface area (Å²) in [5, 5.41) is 4.57. The van der Waals surface area contributed by atoms with Gasteiger partial charge in [-0.2, -0.15) is 4.98 Å². The number of nitrogens with zero attached hydrogens (tertiary/aromatic N) is 3. The number of rotatable bonds is 6. The first-order valence-corrected chi connectivity index (χ1v) is 12.1. The smallest absolute Gasteiger partial charge is 0.257 e. The summed E-state index contributed by atoms with van der Waals surface area (Å²) in [5.74, 6) is 0.938. The molecule has 4 rings (SSSR count). The normalized spacial score (nSPS) is 15.1. The SMILES string of the molecule is Cc1ccc(-c2nc(C3CCN(C(=O)CNS(=O)(=O)c4ccc(Cl)cc4)CC3)no2)cc1. The molecule has 10 heteroatoms. The molecule has 8 nitrogen and oxygen atoms in total. The van der Waals surface area contributed by atoms with Gasteiger partial charge < -0.3 is 9.42 Å². The van der Waals surface area contributed by atoms with Gasteiger partial charge in [0.05, 0.1) is 11.4 Å². The first-order valence-electron chi connectivity index (χ1n) is 10.3. The molecule has 1 N–H and O–H groups in total. The molecule has 168 valence electrons. The van der Waals surface area contributed by atoms with Crippen LogP contribution in [0.2, 0.25) is 5.02 Å². The van der Waals surface area contributed by atoms with Gasteiger partial charge in [0.25, 0.3) is 5.89 Å². The summed E-state index contributed by atoms with van der Waals surface area (Å²) < 4.78 is 32.5. The third kappa shape index (κ3) is 5.17. The van der Waals surface area contributed by atoms with E-state index in [1.807, 2.05) is 31.2 Å². The first kappa shape index (κ1) is 22.4. The maximum Gasteiger partial charge on any atom is 0.257 e. The molecule has 0 atom stereocenters. The van der Waals surface area contributed by atoms with Crippen LogP contribution in [0.5, 0.6) is 0 Å². The number of aromatic nitrogens is 2. The summed E-state index contributed by atoms with van der Waals surface area (Å²) in [7, 11) is -3.78. The Bertz CT molecular complexity index is 1190. The van der Waals surface area contributed by atoms with Gasteiger partial charge in [0.1, 0.15) is 0 Å². The second-order valence-electron chi connectivity index (χ2n) is 7.76. The Morgan fingerprint density at radius 1 is 1.12 bits per heavy atom. The van der Waals surface area contributed by atoms with Gasteiger partial charge >= 0.3 is 0 Å². The van der Waals surface area contributed by atoms with Gasteiger partial charge in [-0.05, 0) is 56.2 Å². The van der Waals surface area contributed by atoms with Crippen LogP contribution in [0.15, 0.2) is 57.9 Å². The van der Waals surface area contributed by atoms with Crippen molar-refractivity contribution in [3.63, 3.8) is 0 Å². The summed E-state index contributed by atoms with van der Waals surface area (Å²) >= 11 is 5.79. The topological polar surface area (TPSA) is 105 Å². The molecule has 1 amide bonds. The average Bonchev–Trinajstić information content (AvgIpc) is 3.29. The number of amides is 1. The van der Waals surface area contributed by atoms with Crippen LogP contribution in [0.3, 0.4) is 0 Å². The summed E-state index contributed by atoms with van der Waals surface area (Å²) in [6.45, 7) is 2.72. The molecular formula is C22H23ClN4O4S. The number of hydrogen-bond acceptors (Lipinski definition) is 6. The van der Waals surface area contributed by atoms with Crippen molar-refractivity contribution in [2.24, 2.45) is 0 Å². The highest BCUT2D eigenvalue weighted by Crippen LogP contribution is 2.28. The lowest BCUT2D eigenvalue weighted by Gasteiger charge is -2.30. The van der Waals surface area contributed by atoms with Crippen molar-refractivity contribution in [1.82, 2.24) is 19.8 Å². The number of sulfonamides is 1. The molecule has 1 fully saturated rings. The Labute approximate surface area is 191 Å². The molecule has 0 spiro atoms. The van der Waals surface area contributed by atoms with Crippen molar-refractivity contribution in [2.45, 2.75) is 30.6 Å². The third-order valence-electron chi connectivity index (χ3n) is 5.49. The molecule has 3 aromatic rings. The first-order chi connectivity index (χ1) is 15.3. The van der Waals surface area contributed by atoms with Gasteiger partial charge in [-0.15, -0.1) is 0 Å². The largest absolute Gasteiger partial charge is 0.342 e. The van der Waals surface area contributed by atoms with E-state index in [0.29, 0.717) is 42.7 Å². The number of halogens is 1. The van der Waals surface area contributed by atoms with E-state index in [1.165, 1.54) is 24.3 Å². The molecule has 1 saturated heterocycles. The van der Waals surface area contributed by atoms with Crippen LogP contribution in [-0.4, -0.2) is 49.0 Å². The summed E-state index contributed by atoms with van der Waals surface area (Å²) in [6.07, 6.45) is 1.37. The molecule has 1 aromatic heterocycles. The maximum absolute atomic E-state index is 12.5. The summed E-state index contributed by atoms with van der Waals surface area (Å²) in [4.78, 5) is 18.8. The molecule has 0 aliphatic carbocycles. The Hall–Kier alpha value is -2.75. The second-order valence-corrected chi connectivity index (χ2v) is 9.96. The van der Waals surface area contributed by atoms with Crippen molar-refractivity contribution in [3.05, 3.63) is 64.9 Å². The van der Waals surface area contributed by atoms with Gasteiger partial charge in [-0.25, -0.2) is 13.1 Å². The molecule has 1 aliphatic rings. The minimum Gasteiger partial charge on any atom is -0.342 e. The van der Waals surface area contributed by atoms with E-state index in [4.69, 9.17) is 16.1 Å². The van der Waals surface area contributed by atoms with Crippen LogP contribution >= 0.6 is 11.6 Å². The average molecular weight is 475 g/mol. The second kappa shape index (κ2) is 9.40. The van der Waals surface area contributed by atoms with Crippen LogP contribution in [0, 0.1) is 6.92 Å². The number of hydrogen-bond donors (Lipinski definition) is 1. The van der Waals surface area contributed by atoms with Crippen molar-refractivity contribution >= 4 is 27.5 Å². The highest BCUT2D eigenvalue weighted by atomic mass is 35.5. The molecule has 2 aromatic carbocycles. The van der Waals surface area contributed by atoms with Crippen molar-refractivity contribution in [2.75, 3.05) is 19.6 Å². The number of nitrogens with one attached hydrogen (secondary N) is 1. The van der Waals surface area contributed by atoms with E-state index in [-0.39, 0.29) is 23.3 Å². The molecule has 0 saturated carbocycles. The van der Waals surface area contributed by atoms with Crippen molar-refractivity contribution in [1.29, 1.82) is 0 Å². The highest BCUT2D eigenvalue weighted by molar-refractivity contribution is 7.89. The predicted molar refractivity (Wildman–Crippen MR) is 120 cm³/mol. The van der Waals surface area contributed by atoms with Crippen molar-refractivity contribution < 1.29 is 17.7 Å². The fourth-order valence-electron chi connectivity index (χ4n) is 3.57. The minimum atomic E-state index is -3.78. The number of piperidine rings is 1. The Kier molecular flexibility index (Phi) is 6.59. The third-order valence-corrected chi connectivity index (χ3v) is 7.16. The monoisotopic (exact) mass is 474 g/mol. The standard InChI is InChI=1S/C22H23ClN4O4S/c1-15-2-4-17(5-3-15)22-25-21(26-31-22)16-10-12-27(13-11-16)20(28)14-24-32(29,30)19-8-6-18(23)7-9-19/h2-9,16,24H,10-14H2,1H3. The molecule has 0 radical (unpaired) electrons. The fraction of sp³-hybridized carbons (Fsp3) is 0.318. The predicted octanol–water partition coefficient (Wildman–Crippen LogP) is 3.38. The van der Waals surface area contributed by atoms with Crippen LogP contribution in [-0.2, 0) is 14.8 Å². The zero-order valence-corrected chi connectivity index (χ0v) is 19.1. The fourth-order valence-corrected chi connectivity index (χ4v) is 4.67. The molecular weight excluding hydrogens is 452 g/mol. The number of carbonyl (C=O) groups excluding carboxylic acids is 1. The van der Waals surface area contributed by atoms with Gasteiger partial charge in [-0.1, -0.05) is 34.5 Å². The quantitative estimate of drug-likeness (QED) is 0.587. The van der Waals surface area contributed by atoms with E-state index >= 15 is 0 Å². The lowest BCUT2D eigenvalue weighted by Crippen LogP contribution is -2.43. The van der Waals surface area contributed by atoms with Crippen molar-refractivity contribution in [3.8, 4) is 11.5 Å². The van der Waals surface area contributed by atoms with Gasteiger partial charge in [0.2, 0.25) is 15.9 Å².